The minimum absolute atomic E-state index is 0.00882. The molecule has 8 aromatic rings. The van der Waals surface area contributed by atoms with Gasteiger partial charge in [-0.25, -0.2) is 39.7 Å². The van der Waals surface area contributed by atoms with Crippen LogP contribution >= 0.6 is 68.0 Å². The zero-order valence-electron chi connectivity index (χ0n) is 43.3. The Morgan fingerprint density at radius 1 is 0.704 bits per heavy atom. The van der Waals surface area contributed by atoms with Gasteiger partial charge < -0.3 is 52.0 Å². The van der Waals surface area contributed by atoms with Crippen molar-refractivity contribution in [2.75, 3.05) is 27.2 Å². The molecule has 81 heavy (non-hydrogen) atoms. The molecule has 0 fully saturated rings. The van der Waals surface area contributed by atoms with E-state index in [1.54, 1.807) is 60.1 Å². The van der Waals surface area contributed by atoms with E-state index in [0.717, 1.165) is 56.7 Å². The maximum absolute atomic E-state index is 14.2. The molecule has 1 aromatic carbocycles. The van der Waals surface area contributed by atoms with Gasteiger partial charge in [0.2, 0.25) is 11.8 Å². The fourth-order valence-electron chi connectivity index (χ4n) is 8.06. The lowest BCUT2D eigenvalue weighted by Crippen LogP contribution is -2.40. The lowest BCUT2D eigenvalue weighted by atomic mass is 10.0. The third-order valence-corrected chi connectivity index (χ3v) is 17.9. The number of methoxy groups -OCH3 is 1. The van der Waals surface area contributed by atoms with Gasteiger partial charge in [-0.3, -0.25) is 28.8 Å². The first-order chi connectivity index (χ1) is 38.9. The maximum Gasteiger partial charge on any atom is 0.334 e. The number of nitrogens with one attached hydrogen (secondary N) is 6. The Labute approximate surface area is 484 Å². The zero-order chi connectivity index (χ0) is 57.6. The van der Waals surface area contributed by atoms with E-state index in [2.05, 4.69) is 46.9 Å². The van der Waals surface area contributed by atoms with E-state index in [4.69, 9.17) is 29.8 Å². The molecule has 24 nitrogen and oxygen atoms in total. The molecular weight excluding hydrogens is 1160 g/mol. The van der Waals surface area contributed by atoms with Crippen LogP contribution in [0.5, 0.6) is 0 Å². The van der Waals surface area contributed by atoms with Crippen LogP contribution in [0.15, 0.2) is 64.0 Å². The number of aliphatic hydroxyl groups is 2. The molecule has 0 spiro atoms. The number of nitrogens with zero attached hydrogens (tertiary/aromatic N) is 7. The molecule has 30 heteroatoms. The number of benzene rings is 1. The number of rotatable bonds is 12. The van der Waals surface area contributed by atoms with Crippen molar-refractivity contribution < 1.29 is 53.6 Å². The smallest absolute Gasteiger partial charge is 0.334 e. The van der Waals surface area contributed by atoms with E-state index in [0.29, 0.717) is 63.0 Å². The predicted octanol–water partition coefficient (Wildman–Crippen LogP) is 5.49. The molecule has 9 N–H and O–H groups in total. The van der Waals surface area contributed by atoms with Crippen LogP contribution in [0.4, 0.5) is 0 Å². The van der Waals surface area contributed by atoms with Crippen molar-refractivity contribution in [2.24, 2.45) is 5.92 Å². The minimum atomic E-state index is -1.83. The number of thiazole rings is 6. The molecule has 0 saturated carbocycles. The zero-order valence-corrected chi connectivity index (χ0v) is 48.2. The molecule has 8 heterocycles. The average Bonchev–Trinajstić information content (AvgIpc) is 4.39. The molecule has 1 aliphatic rings. The first-order valence-corrected chi connectivity index (χ1v) is 29.7. The number of aliphatic carboxylic acids is 1. The molecule has 1 aliphatic heterocycles. The number of aliphatic hydroxyl groups excluding tert-OH is 2. The van der Waals surface area contributed by atoms with Gasteiger partial charge in [0.25, 0.3) is 23.6 Å². The van der Waals surface area contributed by atoms with Crippen molar-refractivity contribution in [3.63, 3.8) is 0 Å². The van der Waals surface area contributed by atoms with Crippen LogP contribution in [-0.4, -0.2) is 125 Å². The summed E-state index contributed by atoms with van der Waals surface area (Å²) in [7, 11) is 2.91. The maximum atomic E-state index is 14.2. The highest BCUT2D eigenvalue weighted by Gasteiger charge is 2.33. The van der Waals surface area contributed by atoms with E-state index >= 15 is 0 Å². The monoisotopic (exact) mass is 1210 g/mol. The van der Waals surface area contributed by atoms with Gasteiger partial charge in [0.15, 0.2) is 6.10 Å². The molecule has 10 bridgehead atoms. The number of hydrogen-bond acceptors (Lipinski definition) is 23. The van der Waals surface area contributed by atoms with E-state index in [-0.39, 0.29) is 52.4 Å². The van der Waals surface area contributed by atoms with Crippen molar-refractivity contribution in [1.29, 1.82) is 0 Å². The van der Waals surface area contributed by atoms with E-state index < -0.39 is 84.8 Å². The van der Waals surface area contributed by atoms with Crippen molar-refractivity contribution in [1.82, 2.24) is 66.8 Å². The summed E-state index contributed by atoms with van der Waals surface area (Å²) in [4.78, 5) is 128. The van der Waals surface area contributed by atoms with Gasteiger partial charge in [-0.2, -0.15) is 0 Å². The number of pyridine rings is 1. The minimum Gasteiger partial charge on any atom is -0.479 e. The number of carboxylic acids is 1. The highest BCUT2D eigenvalue weighted by atomic mass is 32.1. The second-order valence-electron chi connectivity index (χ2n) is 18.2. The van der Waals surface area contributed by atoms with E-state index in [9.17, 15) is 43.8 Å². The fourth-order valence-corrected chi connectivity index (χ4v) is 13.6. The topological polar surface area (TPSA) is 352 Å². The number of ether oxygens (including phenoxy) is 1. The van der Waals surface area contributed by atoms with Gasteiger partial charge in [0, 0.05) is 46.1 Å². The van der Waals surface area contributed by atoms with Crippen molar-refractivity contribution in [3.8, 4) is 43.4 Å². The number of amides is 6. The Bertz CT molecular complexity index is 3670. The first-order valence-electron chi connectivity index (χ1n) is 24.5. The van der Waals surface area contributed by atoms with Gasteiger partial charge in [0.1, 0.15) is 82.0 Å². The quantitative estimate of drug-likeness (QED) is 0.0730. The predicted molar refractivity (Wildman–Crippen MR) is 303 cm³/mol. The molecular formula is C51H49N13O11S6. The summed E-state index contributed by atoms with van der Waals surface area (Å²) in [6.45, 7) is 4.34. The number of carboxylic acid groups (broad SMARTS) is 1. The summed E-state index contributed by atoms with van der Waals surface area (Å²) in [6, 6.07) is 9.18. The van der Waals surface area contributed by atoms with Crippen LogP contribution in [0.25, 0.3) is 43.4 Å². The fraction of sp³-hybridized carbons (Fsp3) is 0.294. The Morgan fingerprint density at radius 3 is 2.15 bits per heavy atom. The number of hydrogen-bond donors (Lipinski definition) is 9. The second kappa shape index (κ2) is 25.4. The Hall–Kier alpha value is -7.68. The summed E-state index contributed by atoms with van der Waals surface area (Å²) >= 11 is 6.88. The molecule has 0 saturated heterocycles. The van der Waals surface area contributed by atoms with Gasteiger partial charge in [-0.05, 0) is 30.5 Å². The van der Waals surface area contributed by atoms with Crippen LogP contribution < -0.4 is 31.9 Å². The molecule has 9 rings (SSSR count). The largest absolute Gasteiger partial charge is 0.479 e. The van der Waals surface area contributed by atoms with Gasteiger partial charge in [0.05, 0.1) is 48.8 Å². The normalized spacial score (nSPS) is 16.8. The van der Waals surface area contributed by atoms with Crippen molar-refractivity contribution in [2.45, 2.75) is 64.1 Å². The summed E-state index contributed by atoms with van der Waals surface area (Å²) < 4.78 is 5.43. The van der Waals surface area contributed by atoms with E-state index in [1.165, 1.54) is 36.3 Å². The molecule has 5 atom stereocenters. The van der Waals surface area contributed by atoms with Crippen LogP contribution in [0, 0.1) is 12.8 Å². The van der Waals surface area contributed by atoms with E-state index in [1.807, 2.05) is 13.8 Å². The molecule has 4 unspecified atom stereocenters. The van der Waals surface area contributed by atoms with Crippen molar-refractivity contribution >= 4 is 109 Å². The lowest BCUT2D eigenvalue weighted by molar-refractivity contribution is -0.146. The highest BCUT2D eigenvalue weighted by Crippen LogP contribution is 2.40. The Morgan fingerprint density at radius 2 is 1.41 bits per heavy atom. The third kappa shape index (κ3) is 13.2. The molecule has 420 valence electrons. The van der Waals surface area contributed by atoms with Crippen LogP contribution in [0.3, 0.4) is 0 Å². The lowest BCUT2D eigenvalue weighted by Gasteiger charge is -2.23. The highest BCUT2D eigenvalue weighted by molar-refractivity contribution is 7.15. The number of aryl methyl sites for hydroxylation is 1. The van der Waals surface area contributed by atoms with Gasteiger partial charge in [-0.1, -0.05) is 44.2 Å². The first kappa shape index (κ1) is 58.0. The Kier molecular flexibility index (Phi) is 18.2. The second-order valence-corrected chi connectivity index (χ2v) is 24.1. The standard InChI is InChI=1S/C51H49N13O11S6/c1-21(2)35-50-64-38(32(81-50)16-75-5)43(71)54-15-34(67)61-39(40(68)23-9-7-6-8-10-23)49-60-30(20-79-49)47-57-27(17-77-47)37-24(11-12-25(55-37)46-59-28(18-78-46)41(69)53-14-31(65)51(73)74)45-58-29(19-76-45)42(70)56-26(13-33(66)52-4)48-63-36(22(3)80-48)44(72)62-35/h6-12,17-21,26,31,35,39-40,65,68H,13-16H2,1-5H3,(H,52,66)(H,53,69)(H,54,71)(H,56,70)(H,61,67)(H,62,72)(H,73,74)/t26?,31-,35?,39?,40?/m1/s1. The number of fused-ring (bicyclic) bond motifs is 14. The molecule has 6 amide bonds. The molecule has 0 aliphatic carbocycles. The summed E-state index contributed by atoms with van der Waals surface area (Å²) in [5, 5.41) is 55.5. The number of carbonyl (C=O) groups excluding carboxylic acids is 6. The third-order valence-electron chi connectivity index (χ3n) is 12.2. The van der Waals surface area contributed by atoms with Crippen LogP contribution in [0.2, 0.25) is 0 Å². The van der Waals surface area contributed by atoms with Crippen LogP contribution in [0.1, 0.15) is 117 Å². The SMILES string of the molecule is CNC(=O)CC1NC(=O)c2csc(n2)-c2ccc(-c3nc(C(=O)NC[C@@H](O)C(=O)O)cs3)nc2-c2csc(n2)-c2csc(n2)C(C(O)c2ccccc2)NC(=O)CNC(=O)c2nc(sc2COC)C(C(C)C)NC(=O)c2nc1sc2C. The van der Waals surface area contributed by atoms with Gasteiger partial charge in [-0.15, -0.1) is 68.0 Å². The Balaban J connectivity index is 1.12. The van der Waals surface area contributed by atoms with Crippen molar-refractivity contribution in [3.05, 3.63) is 117 Å². The van der Waals surface area contributed by atoms with Crippen LogP contribution in [-0.2, 0) is 25.7 Å². The summed E-state index contributed by atoms with van der Waals surface area (Å²) in [5.41, 5.74) is 2.23. The average molecular weight is 1210 g/mol. The number of aromatic nitrogens is 7. The number of carbonyl (C=O) groups is 7. The molecule has 0 radical (unpaired) electrons. The van der Waals surface area contributed by atoms with Gasteiger partial charge >= 0.3 is 5.97 Å². The summed E-state index contributed by atoms with van der Waals surface area (Å²) in [5.74, 6) is -5.47. The summed E-state index contributed by atoms with van der Waals surface area (Å²) in [6.07, 6.45) is -3.36. The molecule has 7 aromatic heterocycles.